The van der Waals surface area contributed by atoms with Gasteiger partial charge in [0, 0.05) is 7.11 Å². The normalized spacial score (nSPS) is 18.5. The summed E-state index contributed by atoms with van der Waals surface area (Å²) in [6.45, 7) is 5.40. The van der Waals surface area contributed by atoms with Crippen LogP contribution in [0.4, 0.5) is 4.79 Å². The van der Waals surface area contributed by atoms with Crippen molar-refractivity contribution >= 4 is 12.4 Å². The Morgan fingerprint density at radius 3 is 2.37 bits per heavy atom. The fraction of sp³-hybridized carbons (Fsp3) is 0.846. The molecular formula is C13H23NO5. The highest BCUT2D eigenvalue weighted by Crippen LogP contribution is 2.24. The van der Waals surface area contributed by atoms with Gasteiger partial charge in [0.05, 0.1) is 19.3 Å². The van der Waals surface area contributed by atoms with Crippen LogP contribution in [0.2, 0.25) is 0 Å². The van der Waals surface area contributed by atoms with E-state index in [1.54, 1.807) is 20.8 Å². The number of alkyl carbamates (subject to hydrolysis) is 1. The van der Waals surface area contributed by atoms with Crippen LogP contribution in [0.1, 0.15) is 33.6 Å². The summed E-state index contributed by atoms with van der Waals surface area (Å²) in [4.78, 5) is 23.1. The van der Waals surface area contributed by atoms with E-state index < -0.39 is 17.2 Å². The minimum absolute atomic E-state index is 0.0441. The smallest absolute Gasteiger partial charge is 0.408 e. The zero-order valence-corrected chi connectivity index (χ0v) is 12.0. The van der Waals surface area contributed by atoms with Crippen molar-refractivity contribution in [2.24, 2.45) is 0 Å². The van der Waals surface area contributed by atoms with Crippen LogP contribution in [0.15, 0.2) is 0 Å². The molecular weight excluding hydrogens is 250 g/mol. The number of hydrogen-bond acceptors (Lipinski definition) is 5. The third-order valence-electron chi connectivity index (χ3n) is 2.48. The Morgan fingerprint density at radius 2 is 1.95 bits per heavy atom. The Morgan fingerprint density at radius 1 is 1.32 bits per heavy atom. The first-order valence-electron chi connectivity index (χ1n) is 6.38. The van der Waals surface area contributed by atoms with Gasteiger partial charge in [-0.25, -0.2) is 4.79 Å². The molecule has 0 spiro atoms. The molecule has 1 fully saturated rings. The SMILES string of the molecule is COC[C@](C=O)(COC1CC1)NC(=O)OC(C)(C)C. The molecule has 1 atom stereocenters. The van der Waals surface area contributed by atoms with Gasteiger partial charge in [0.2, 0.25) is 0 Å². The second-order valence-corrected chi connectivity index (χ2v) is 5.84. The minimum atomic E-state index is -1.19. The molecule has 0 aliphatic heterocycles. The number of carbonyl (C=O) groups excluding carboxylic acids is 2. The van der Waals surface area contributed by atoms with Gasteiger partial charge in [-0.05, 0) is 33.6 Å². The highest BCUT2D eigenvalue weighted by molar-refractivity contribution is 5.77. The Kier molecular flexibility index (Phi) is 5.31. The molecule has 1 saturated carbocycles. The summed E-state index contributed by atoms with van der Waals surface area (Å²) in [6.07, 6.45) is 2.17. The van der Waals surface area contributed by atoms with E-state index in [9.17, 15) is 9.59 Å². The number of hydrogen-bond donors (Lipinski definition) is 1. The maximum Gasteiger partial charge on any atom is 0.408 e. The Bertz CT molecular complexity index is 321. The average molecular weight is 273 g/mol. The van der Waals surface area contributed by atoms with E-state index in [1.807, 2.05) is 0 Å². The zero-order chi connectivity index (χ0) is 14.5. The number of rotatable bonds is 7. The van der Waals surface area contributed by atoms with Crippen LogP contribution in [0.3, 0.4) is 0 Å². The second kappa shape index (κ2) is 6.34. The molecule has 6 heteroatoms. The van der Waals surface area contributed by atoms with E-state index in [1.165, 1.54) is 7.11 Å². The van der Waals surface area contributed by atoms with Gasteiger partial charge >= 0.3 is 6.09 Å². The standard InChI is InChI=1S/C13H23NO5/c1-12(2,3)19-11(16)14-13(7-15,8-17-4)9-18-10-5-6-10/h7,10H,5-6,8-9H2,1-4H3,(H,14,16)/t13-/m1/s1. The van der Waals surface area contributed by atoms with Crippen molar-refractivity contribution in [3.63, 3.8) is 0 Å². The fourth-order valence-electron chi connectivity index (χ4n) is 1.48. The molecule has 19 heavy (non-hydrogen) atoms. The maximum atomic E-state index is 11.8. The van der Waals surface area contributed by atoms with Crippen molar-refractivity contribution in [1.29, 1.82) is 0 Å². The van der Waals surface area contributed by atoms with Crippen LogP contribution in [-0.2, 0) is 19.0 Å². The van der Waals surface area contributed by atoms with Crippen molar-refractivity contribution in [3.05, 3.63) is 0 Å². The third kappa shape index (κ3) is 6.02. The monoisotopic (exact) mass is 273 g/mol. The molecule has 0 aromatic heterocycles. The van der Waals surface area contributed by atoms with Crippen LogP contribution in [-0.4, -0.2) is 49.9 Å². The van der Waals surface area contributed by atoms with E-state index in [-0.39, 0.29) is 19.3 Å². The predicted octanol–water partition coefficient (Wildman–Crippen LogP) is 1.27. The molecule has 1 aliphatic rings. The summed E-state index contributed by atoms with van der Waals surface area (Å²) in [7, 11) is 1.46. The molecule has 1 aliphatic carbocycles. The first kappa shape index (κ1) is 15.9. The lowest BCUT2D eigenvalue weighted by atomic mass is 10.1. The first-order valence-corrected chi connectivity index (χ1v) is 6.38. The zero-order valence-electron chi connectivity index (χ0n) is 12.0. The van der Waals surface area contributed by atoms with Crippen LogP contribution in [0.25, 0.3) is 0 Å². The lowest BCUT2D eigenvalue weighted by Crippen LogP contribution is -2.57. The Labute approximate surface area is 113 Å². The molecule has 0 heterocycles. The molecule has 0 bridgehead atoms. The first-order chi connectivity index (χ1) is 8.80. The molecule has 0 aromatic rings. The highest BCUT2D eigenvalue weighted by atomic mass is 16.6. The summed E-state index contributed by atoms with van der Waals surface area (Å²) in [5.41, 5.74) is -1.82. The molecule has 1 rings (SSSR count). The average Bonchev–Trinajstić information content (AvgIpc) is 3.07. The summed E-state index contributed by atoms with van der Waals surface area (Å²) in [5.74, 6) is 0. The second-order valence-electron chi connectivity index (χ2n) is 5.84. The molecule has 0 saturated heterocycles. The minimum Gasteiger partial charge on any atom is -0.444 e. The molecule has 0 radical (unpaired) electrons. The Hall–Kier alpha value is -1.14. The number of carbonyl (C=O) groups is 2. The topological polar surface area (TPSA) is 73.9 Å². The number of aldehydes is 1. The summed E-state index contributed by atoms with van der Waals surface area (Å²) in [6, 6.07) is 0. The van der Waals surface area contributed by atoms with Crippen LogP contribution >= 0.6 is 0 Å². The van der Waals surface area contributed by atoms with Crippen LogP contribution in [0, 0.1) is 0 Å². The summed E-state index contributed by atoms with van der Waals surface area (Å²) >= 11 is 0. The number of methoxy groups -OCH3 is 1. The lowest BCUT2D eigenvalue weighted by Gasteiger charge is -2.30. The van der Waals surface area contributed by atoms with Crippen molar-refractivity contribution < 1.29 is 23.8 Å². The van der Waals surface area contributed by atoms with Crippen molar-refractivity contribution in [2.45, 2.75) is 50.9 Å². The quantitative estimate of drug-likeness (QED) is 0.707. The van der Waals surface area contributed by atoms with Crippen LogP contribution in [0.5, 0.6) is 0 Å². The molecule has 110 valence electrons. The van der Waals surface area contributed by atoms with Crippen molar-refractivity contribution in [2.75, 3.05) is 20.3 Å². The molecule has 0 unspecified atom stereocenters. The fourth-order valence-corrected chi connectivity index (χ4v) is 1.48. The largest absolute Gasteiger partial charge is 0.444 e. The molecule has 1 N–H and O–H groups in total. The van der Waals surface area contributed by atoms with Gasteiger partial charge in [-0.3, -0.25) is 0 Å². The highest BCUT2D eigenvalue weighted by Gasteiger charge is 2.36. The Balaban J connectivity index is 2.60. The number of ether oxygens (including phenoxy) is 3. The van der Waals surface area contributed by atoms with Crippen molar-refractivity contribution in [3.8, 4) is 0 Å². The van der Waals surface area contributed by atoms with Gasteiger partial charge in [0.25, 0.3) is 0 Å². The van der Waals surface area contributed by atoms with Gasteiger partial charge in [0.15, 0.2) is 0 Å². The third-order valence-corrected chi connectivity index (χ3v) is 2.48. The number of nitrogens with one attached hydrogen (secondary N) is 1. The summed E-state index contributed by atoms with van der Waals surface area (Å²) in [5, 5.41) is 2.54. The van der Waals surface area contributed by atoms with E-state index >= 15 is 0 Å². The molecule has 0 aromatic carbocycles. The van der Waals surface area contributed by atoms with E-state index in [4.69, 9.17) is 14.2 Å². The van der Waals surface area contributed by atoms with Gasteiger partial charge < -0.3 is 24.3 Å². The molecule has 6 nitrogen and oxygen atoms in total. The lowest BCUT2D eigenvalue weighted by molar-refractivity contribution is -0.119. The van der Waals surface area contributed by atoms with Crippen LogP contribution < -0.4 is 5.32 Å². The van der Waals surface area contributed by atoms with Gasteiger partial charge in [-0.1, -0.05) is 0 Å². The van der Waals surface area contributed by atoms with E-state index in [2.05, 4.69) is 5.32 Å². The summed E-state index contributed by atoms with van der Waals surface area (Å²) < 4.78 is 15.7. The maximum absolute atomic E-state index is 11.8. The predicted molar refractivity (Wildman–Crippen MR) is 69.0 cm³/mol. The number of amides is 1. The van der Waals surface area contributed by atoms with Gasteiger partial charge in [-0.2, -0.15) is 0 Å². The van der Waals surface area contributed by atoms with E-state index in [0.717, 1.165) is 12.8 Å². The van der Waals surface area contributed by atoms with E-state index in [0.29, 0.717) is 6.29 Å². The van der Waals surface area contributed by atoms with Gasteiger partial charge in [-0.15, -0.1) is 0 Å². The van der Waals surface area contributed by atoms with Crippen molar-refractivity contribution in [1.82, 2.24) is 5.32 Å². The van der Waals surface area contributed by atoms with Gasteiger partial charge in [0.1, 0.15) is 17.4 Å². The molecule has 1 amide bonds.